The Morgan fingerprint density at radius 1 is 1.53 bits per heavy atom. The monoisotopic (exact) mass is 266 g/mol. The number of hydrogen-bond acceptors (Lipinski definition) is 5. The molecule has 3 N–H and O–H groups in total. The molecule has 0 aromatic heterocycles. The zero-order valence-electron chi connectivity index (χ0n) is 11.3. The molecule has 19 heavy (non-hydrogen) atoms. The third-order valence-electron chi connectivity index (χ3n) is 3.14. The number of nitrogens with zero attached hydrogens (tertiary/aromatic N) is 1. The molecule has 1 aliphatic rings. The molecule has 0 radical (unpaired) electrons. The average molecular weight is 266 g/mol. The van der Waals surface area contributed by atoms with E-state index >= 15 is 0 Å². The first kappa shape index (κ1) is 14.1. The molecule has 2 unspecified atom stereocenters. The fraction of sp³-hybridized carbons (Fsp3) is 0.571. The first-order chi connectivity index (χ1) is 9.15. The summed E-state index contributed by atoms with van der Waals surface area (Å²) in [5.41, 5.74) is 6.37. The lowest BCUT2D eigenvalue weighted by molar-refractivity contribution is -0.0360. The van der Waals surface area contributed by atoms with Crippen LogP contribution in [0.4, 0.5) is 5.69 Å². The number of para-hydroxylation sites is 2. The molecule has 1 saturated heterocycles. The quantitative estimate of drug-likeness (QED) is 0.769. The molecule has 0 bridgehead atoms. The number of benzene rings is 1. The van der Waals surface area contributed by atoms with Crippen LogP contribution in [0.1, 0.15) is 6.92 Å². The summed E-state index contributed by atoms with van der Waals surface area (Å²) in [6.07, 6.45) is -0.295. The largest absolute Gasteiger partial charge is 0.489 e. The Balaban J connectivity index is 1.75. The van der Waals surface area contributed by atoms with Gasteiger partial charge >= 0.3 is 0 Å². The predicted octanol–water partition coefficient (Wildman–Crippen LogP) is 0.729. The molecule has 1 aromatic carbocycles. The minimum atomic E-state index is -0.523. The maximum absolute atomic E-state index is 9.99. The van der Waals surface area contributed by atoms with Gasteiger partial charge < -0.3 is 20.3 Å². The smallest absolute Gasteiger partial charge is 0.142 e. The van der Waals surface area contributed by atoms with Crippen LogP contribution >= 0.6 is 0 Å². The lowest BCUT2D eigenvalue weighted by atomic mass is 10.2. The standard InChI is InChI=1S/C14H22N2O3/c1-11-8-16(6-7-18-11)9-12(17)10-19-14-5-3-2-4-13(14)15/h2-5,11-12,17H,6-10,15H2,1H3. The Morgan fingerprint density at radius 3 is 3.05 bits per heavy atom. The molecule has 0 aliphatic carbocycles. The second-order valence-corrected chi connectivity index (χ2v) is 4.94. The van der Waals surface area contributed by atoms with E-state index in [2.05, 4.69) is 4.90 Å². The number of nitrogens with two attached hydrogens (primary N) is 1. The number of nitrogen functional groups attached to an aromatic ring is 1. The van der Waals surface area contributed by atoms with Crippen molar-refractivity contribution in [2.75, 3.05) is 38.6 Å². The van der Waals surface area contributed by atoms with Crippen LogP contribution in [0.25, 0.3) is 0 Å². The number of morpholine rings is 1. The second kappa shape index (κ2) is 6.75. The van der Waals surface area contributed by atoms with Gasteiger partial charge in [-0.3, -0.25) is 4.90 Å². The second-order valence-electron chi connectivity index (χ2n) is 4.94. The molecule has 1 aliphatic heterocycles. The van der Waals surface area contributed by atoms with E-state index in [9.17, 15) is 5.11 Å². The van der Waals surface area contributed by atoms with Crippen LogP contribution in [0.3, 0.4) is 0 Å². The van der Waals surface area contributed by atoms with Crippen LogP contribution in [-0.4, -0.2) is 55.1 Å². The number of β-amino-alcohol motifs (C(OH)–C–C–N with tert-alkyl or cyclic N) is 1. The molecule has 2 atom stereocenters. The minimum Gasteiger partial charge on any atom is -0.489 e. The summed E-state index contributed by atoms with van der Waals surface area (Å²) >= 11 is 0. The molecular weight excluding hydrogens is 244 g/mol. The Morgan fingerprint density at radius 2 is 2.32 bits per heavy atom. The highest BCUT2D eigenvalue weighted by molar-refractivity contribution is 5.51. The molecule has 0 spiro atoms. The first-order valence-corrected chi connectivity index (χ1v) is 6.64. The van der Waals surface area contributed by atoms with Crippen LogP contribution < -0.4 is 10.5 Å². The summed E-state index contributed by atoms with van der Waals surface area (Å²) in [5, 5.41) is 9.99. The van der Waals surface area contributed by atoms with E-state index in [0.29, 0.717) is 18.0 Å². The van der Waals surface area contributed by atoms with E-state index in [1.165, 1.54) is 0 Å². The van der Waals surface area contributed by atoms with Crippen molar-refractivity contribution in [3.63, 3.8) is 0 Å². The van der Waals surface area contributed by atoms with Crippen molar-refractivity contribution < 1.29 is 14.6 Å². The zero-order chi connectivity index (χ0) is 13.7. The van der Waals surface area contributed by atoms with E-state index in [-0.39, 0.29) is 12.7 Å². The van der Waals surface area contributed by atoms with Gasteiger partial charge in [-0.2, -0.15) is 0 Å². The van der Waals surface area contributed by atoms with Crippen molar-refractivity contribution in [2.24, 2.45) is 0 Å². The SMILES string of the molecule is CC1CN(CC(O)COc2ccccc2N)CCO1. The van der Waals surface area contributed by atoms with Gasteiger partial charge in [0.15, 0.2) is 0 Å². The Labute approximate surface area is 113 Å². The number of rotatable bonds is 5. The maximum atomic E-state index is 9.99. The average Bonchev–Trinajstić information content (AvgIpc) is 2.38. The first-order valence-electron chi connectivity index (χ1n) is 6.64. The van der Waals surface area contributed by atoms with Crippen molar-refractivity contribution in [3.8, 4) is 5.75 Å². The van der Waals surface area contributed by atoms with Crippen molar-refractivity contribution >= 4 is 5.69 Å². The molecule has 0 saturated carbocycles. The third kappa shape index (κ3) is 4.38. The van der Waals surface area contributed by atoms with Crippen LogP contribution in [0.5, 0.6) is 5.75 Å². The lowest BCUT2D eigenvalue weighted by Crippen LogP contribution is -2.45. The van der Waals surface area contributed by atoms with Crippen LogP contribution in [0.15, 0.2) is 24.3 Å². The Kier molecular flexibility index (Phi) is 5.01. The predicted molar refractivity (Wildman–Crippen MR) is 74.2 cm³/mol. The summed E-state index contributed by atoms with van der Waals surface area (Å²) in [6.45, 7) is 5.32. The molecule has 1 fully saturated rings. The van der Waals surface area contributed by atoms with Gasteiger partial charge in [0.05, 0.1) is 18.4 Å². The van der Waals surface area contributed by atoms with E-state index < -0.39 is 6.10 Å². The van der Waals surface area contributed by atoms with Crippen LogP contribution in [0, 0.1) is 0 Å². The number of aliphatic hydroxyl groups is 1. The normalized spacial score (nSPS) is 22.1. The van der Waals surface area contributed by atoms with Gasteiger partial charge in [0.25, 0.3) is 0 Å². The van der Waals surface area contributed by atoms with E-state index in [0.717, 1.165) is 19.7 Å². The van der Waals surface area contributed by atoms with Gasteiger partial charge in [0.1, 0.15) is 18.5 Å². The fourth-order valence-electron chi connectivity index (χ4n) is 2.21. The highest BCUT2D eigenvalue weighted by atomic mass is 16.5. The highest BCUT2D eigenvalue weighted by Gasteiger charge is 2.19. The van der Waals surface area contributed by atoms with Crippen molar-refractivity contribution in [3.05, 3.63) is 24.3 Å². The van der Waals surface area contributed by atoms with Crippen LogP contribution in [-0.2, 0) is 4.74 Å². The maximum Gasteiger partial charge on any atom is 0.142 e. The number of ether oxygens (including phenoxy) is 2. The molecular formula is C14H22N2O3. The van der Waals surface area contributed by atoms with Crippen molar-refractivity contribution in [1.29, 1.82) is 0 Å². The van der Waals surface area contributed by atoms with Gasteiger partial charge in [-0.15, -0.1) is 0 Å². The lowest BCUT2D eigenvalue weighted by Gasteiger charge is -2.32. The number of hydrogen-bond donors (Lipinski definition) is 2. The molecule has 5 heteroatoms. The summed E-state index contributed by atoms with van der Waals surface area (Å²) in [4.78, 5) is 2.19. The van der Waals surface area contributed by atoms with E-state index in [4.69, 9.17) is 15.2 Å². The molecule has 106 valence electrons. The number of aliphatic hydroxyl groups excluding tert-OH is 1. The van der Waals surface area contributed by atoms with Gasteiger partial charge in [0, 0.05) is 19.6 Å². The highest BCUT2D eigenvalue weighted by Crippen LogP contribution is 2.19. The van der Waals surface area contributed by atoms with Crippen molar-refractivity contribution in [2.45, 2.75) is 19.1 Å². The van der Waals surface area contributed by atoms with Gasteiger partial charge in [-0.1, -0.05) is 12.1 Å². The Hall–Kier alpha value is -1.30. The minimum absolute atomic E-state index is 0.228. The van der Waals surface area contributed by atoms with Gasteiger partial charge in [-0.25, -0.2) is 0 Å². The molecule has 0 amide bonds. The summed E-state index contributed by atoms with van der Waals surface area (Å²) in [6, 6.07) is 7.31. The van der Waals surface area contributed by atoms with Crippen LogP contribution in [0.2, 0.25) is 0 Å². The fourth-order valence-corrected chi connectivity index (χ4v) is 2.21. The summed E-state index contributed by atoms with van der Waals surface area (Å²) in [5.74, 6) is 0.622. The molecule has 2 rings (SSSR count). The molecule has 1 heterocycles. The zero-order valence-corrected chi connectivity index (χ0v) is 11.3. The summed E-state index contributed by atoms with van der Waals surface area (Å²) in [7, 11) is 0. The van der Waals surface area contributed by atoms with Gasteiger partial charge in [0.2, 0.25) is 0 Å². The van der Waals surface area contributed by atoms with E-state index in [1.54, 1.807) is 12.1 Å². The van der Waals surface area contributed by atoms with E-state index in [1.807, 2.05) is 19.1 Å². The van der Waals surface area contributed by atoms with Crippen molar-refractivity contribution in [1.82, 2.24) is 4.90 Å². The molecule has 1 aromatic rings. The Bertz CT molecular complexity index is 400. The molecule has 5 nitrogen and oxygen atoms in total. The summed E-state index contributed by atoms with van der Waals surface area (Å²) < 4.78 is 11.0. The number of anilines is 1. The van der Waals surface area contributed by atoms with Gasteiger partial charge in [-0.05, 0) is 19.1 Å². The third-order valence-corrected chi connectivity index (χ3v) is 3.14. The topological polar surface area (TPSA) is 68.0 Å².